The molecule has 0 aliphatic carbocycles. The Balaban J connectivity index is 2.46. The van der Waals surface area contributed by atoms with E-state index in [9.17, 15) is 0 Å². The Morgan fingerprint density at radius 3 is 3.17 bits per heavy atom. The quantitative estimate of drug-likeness (QED) is 0.646. The van der Waals surface area contributed by atoms with Gasteiger partial charge in [0.15, 0.2) is 0 Å². The highest BCUT2D eigenvalue weighted by Gasteiger charge is 2.15. The van der Waals surface area contributed by atoms with Crippen molar-refractivity contribution in [3.05, 3.63) is 28.8 Å². The van der Waals surface area contributed by atoms with E-state index in [2.05, 4.69) is 5.32 Å². The fourth-order valence-electron chi connectivity index (χ4n) is 1.52. The summed E-state index contributed by atoms with van der Waals surface area (Å²) in [6.07, 6.45) is 0.995. The summed E-state index contributed by atoms with van der Waals surface area (Å²) in [4.78, 5) is 0. The van der Waals surface area contributed by atoms with Crippen molar-refractivity contribution in [3.8, 4) is 0 Å². The Bertz CT molecular complexity index is 299. The highest BCUT2D eigenvalue weighted by molar-refractivity contribution is 6.30. The van der Waals surface area contributed by atoms with Gasteiger partial charge in [0.25, 0.3) is 0 Å². The average Bonchev–Trinajstić information content (AvgIpc) is 2.04. The van der Waals surface area contributed by atoms with Crippen LogP contribution in [0.5, 0.6) is 0 Å². The van der Waals surface area contributed by atoms with Crippen LogP contribution >= 0.6 is 11.6 Å². The lowest BCUT2D eigenvalue weighted by Gasteiger charge is -2.23. The first-order valence-corrected chi connectivity index (χ1v) is 4.44. The van der Waals surface area contributed by atoms with Gasteiger partial charge in [0.1, 0.15) is 0 Å². The van der Waals surface area contributed by atoms with Crippen LogP contribution in [0.25, 0.3) is 0 Å². The zero-order valence-corrected chi connectivity index (χ0v) is 7.43. The van der Waals surface area contributed by atoms with Gasteiger partial charge in [-0.05, 0) is 24.1 Å². The standard InChI is InChI=1S/C9H11ClN2/c10-6-1-2-7-8(11)3-4-12-9(7)5-6/h1-2,5,8,12H,3-4,11H2. The second kappa shape index (κ2) is 2.96. The van der Waals surface area contributed by atoms with E-state index in [0.29, 0.717) is 0 Å². The van der Waals surface area contributed by atoms with Gasteiger partial charge in [-0.15, -0.1) is 0 Å². The highest BCUT2D eigenvalue weighted by Crippen LogP contribution is 2.30. The highest BCUT2D eigenvalue weighted by atomic mass is 35.5. The summed E-state index contributed by atoms with van der Waals surface area (Å²) in [7, 11) is 0. The monoisotopic (exact) mass is 182 g/mol. The average molecular weight is 183 g/mol. The van der Waals surface area contributed by atoms with E-state index >= 15 is 0 Å². The Kier molecular flexibility index (Phi) is 1.95. The van der Waals surface area contributed by atoms with Crippen molar-refractivity contribution in [3.63, 3.8) is 0 Å². The van der Waals surface area contributed by atoms with Crippen molar-refractivity contribution in [1.82, 2.24) is 0 Å². The number of nitrogens with one attached hydrogen (secondary N) is 1. The number of hydrogen-bond acceptors (Lipinski definition) is 2. The number of rotatable bonds is 0. The Hall–Kier alpha value is -0.730. The fourth-order valence-corrected chi connectivity index (χ4v) is 1.69. The molecule has 0 saturated carbocycles. The van der Waals surface area contributed by atoms with Crippen molar-refractivity contribution in [2.75, 3.05) is 11.9 Å². The molecule has 64 valence electrons. The van der Waals surface area contributed by atoms with Crippen LogP contribution in [-0.4, -0.2) is 6.54 Å². The Morgan fingerprint density at radius 1 is 1.50 bits per heavy atom. The van der Waals surface area contributed by atoms with Crippen molar-refractivity contribution in [2.24, 2.45) is 5.73 Å². The van der Waals surface area contributed by atoms with E-state index < -0.39 is 0 Å². The lowest BCUT2D eigenvalue weighted by atomic mass is 9.99. The van der Waals surface area contributed by atoms with Crippen molar-refractivity contribution in [2.45, 2.75) is 12.5 Å². The Labute approximate surface area is 76.7 Å². The summed E-state index contributed by atoms with van der Waals surface area (Å²) in [5.41, 5.74) is 8.17. The summed E-state index contributed by atoms with van der Waals surface area (Å²) in [5, 5.41) is 4.03. The maximum Gasteiger partial charge on any atom is 0.0426 e. The molecule has 1 aliphatic rings. The van der Waals surface area contributed by atoms with Gasteiger partial charge in [-0.25, -0.2) is 0 Å². The molecule has 0 radical (unpaired) electrons. The predicted molar refractivity (Wildman–Crippen MR) is 51.5 cm³/mol. The van der Waals surface area contributed by atoms with Gasteiger partial charge < -0.3 is 11.1 Å². The molecule has 0 amide bonds. The largest absolute Gasteiger partial charge is 0.385 e. The van der Waals surface area contributed by atoms with Crippen LogP contribution in [-0.2, 0) is 0 Å². The zero-order valence-electron chi connectivity index (χ0n) is 6.68. The van der Waals surface area contributed by atoms with Crippen LogP contribution in [0, 0.1) is 0 Å². The summed E-state index contributed by atoms with van der Waals surface area (Å²) in [6, 6.07) is 5.97. The van der Waals surface area contributed by atoms with E-state index in [0.717, 1.165) is 23.7 Å². The fraction of sp³-hybridized carbons (Fsp3) is 0.333. The lowest BCUT2D eigenvalue weighted by molar-refractivity contribution is 0.655. The molecule has 3 N–H and O–H groups in total. The van der Waals surface area contributed by atoms with Gasteiger partial charge in [-0.3, -0.25) is 0 Å². The van der Waals surface area contributed by atoms with Gasteiger partial charge in [0, 0.05) is 23.3 Å². The van der Waals surface area contributed by atoms with Gasteiger partial charge in [-0.1, -0.05) is 17.7 Å². The van der Waals surface area contributed by atoms with Crippen molar-refractivity contribution in [1.29, 1.82) is 0 Å². The molecule has 3 heteroatoms. The third-order valence-electron chi connectivity index (χ3n) is 2.19. The van der Waals surface area contributed by atoms with Crippen LogP contribution in [0.15, 0.2) is 18.2 Å². The van der Waals surface area contributed by atoms with Crippen molar-refractivity contribution < 1.29 is 0 Å². The third kappa shape index (κ3) is 1.28. The minimum Gasteiger partial charge on any atom is -0.385 e. The molecular weight excluding hydrogens is 172 g/mol. The maximum absolute atomic E-state index is 5.91. The molecule has 0 bridgehead atoms. The molecule has 2 nitrogen and oxygen atoms in total. The van der Waals surface area contributed by atoms with Crippen LogP contribution in [0.4, 0.5) is 5.69 Å². The first-order chi connectivity index (χ1) is 5.77. The van der Waals surface area contributed by atoms with Crippen LogP contribution in [0.1, 0.15) is 18.0 Å². The molecule has 1 atom stereocenters. The summed E-state index contributed by atoms with van der Waals surface area (Å²) in [6.45, 7) is 0.939. The molecule has 1 aromatic rings. The summed E-state index contributed by atoms with van der Waals surface area (Å²) in [5.74, 6) is 0. The third-order valence-corrected chi connectivity index (χ3v) is 2.42. The topological polar surface area (TPSA) is 38.0 Å². The second-order valence-electron chi connectivity index (χ2n) is 3.05. The number of anilines is 1. The molecule has 0 spiro atoms. The smallest absolute Gasteiger partial charge is 0.0426 e. The van der Waals surface area contributed by atoms with Gasteiger partial charge >= 0.3 is 0 Å². The number of nitrogens with two attached hydrogens (primary N) is 1. The zero-order chi connectivity index (χ0) is 8.55. The summed E-state index contributed by atoms with van der Waals surface area (Å²) >= 11 is 5.84. The number of hydrogen-bond donors (Lipinski definition) is 2. The first kappa shape index (κ1) is 7.90. The van der Waals surface area contributed by atoms with E-state index in [1.807, 2.05) is 18.2 Å². The van der Waals surface area contributed by atoms with Gasteiger partial charge in [0.05, 0.1) is 0 Å². The SMILES string of the molecule is NC1CCNc2cc(Cl)ccc21. The molecule has 2 rings (SSSR count). The van der Waals surface area contributed by atoms with Crippen molar-refractivity contribution >= 4 is 17.3 Å². The second-order valence-corrected chi connectivity index (χ2v) is 3.49. The Morgan fingerprint density at radius 2 is 2.33 bits per heavy atom. The van der Waals surface area contributed by atoms with Crippen LogP contribution in [0.2, 0.25) is 5.02 Å². The molecule has 1 aliphatic heterocycles. The molecule has 1 unspecified atom stereocenters. The molecule has 0 aromatic heterocycles. The van der Waals surface area contributed by atoms with E-state index in [4.69, 9.17) is 17.3 Å². The van der Waals surface area contributed by atoms with E-state index in [1.54, 1.807) is 0 Å². The lowest BCUT2D eigenvalue weighted by Crippen LogP contribution is -2.22. The molecule has 0 fully saturated rings. The van der Waals surface area contributed by atoms with E-state index in [1.165, 1.54) is 5.56 Å². The number of halogens is 1. The predicted octanol–water partition coefficient (Wildman–Crippen LogP) is 2.16. The molecular formula is C9H11ClN2. The molecule has 12 heavy (non-hydrogen) atoms. The number of fused-ring (bicyclic) bond motifs is 1. The molecule has 1 aromatic carbocycles. The molecule has 1 heterocycles. The first-order valence-electron chi connectivity index (χ1n) is 4.06. The van der Waals surface area contributed by atoms with Crippen LogP contribution in [0.3, 0.4) is 0 Å². The normalized spacial score (nSPS) is 21.3. The van der Waals surface area contributed by atoms with Gasteiger partial charge in [-0.2, -0.15) is 0 Å². The van der Waals surface area contributed by atoms with Gasteiger partial charge in [0.2, 0.25) is 0 Å². The summed E-state index contributed by atoms with van der Waals surface area (Å²) < 4.78 is 0. The minimum absolute atomic E-state index is 0.165. The molecule has 0 saturated heterocycles. The van der Waals surface area contributed by atoms with E-state index in [-0.39, 0.29) is 6.04 Å². The maximum atomic E-state index is 5.91. The van der Waals surface area contributed by atoms with Crippen LogP contribution < -0.4 is 11.1 Å². The number of benzene rings is 1. The minimum atomic E-state index is 0.165.